The molecule has 0 radical (unpaired) electrons. The summed E-state index contributed by atoms with van der Waals surface area (Å²) in [6, 6.07) is 28.7. The zero-order valence-corrected chi connectivity index (χ0v) is 20.5. The van der Waals surface area contributed by atoms with E-state index in [2.05, 4.69) is 46.2 Å². The molecule has 5 heteroatoms. The minimum atomic E-state index is -0.716. The fourth-order valence-corrected chi connectivity index (χ4v) is 5.07. The maximum atomic E-state index is 13.8. The molecule has 0 aliphatic carbocycles. The lowest BCUT2D eigenvalue weighted by atomic mass is 9.70. The molecule has 34 heavy (non-hydrogen) atoms. The van der Waals surface area contributed by atoms with Gasteiger partial charge >= 0.3 is 0 Å². The average Bonchev–Trinajstić information content (AvgIpc) is 2.90. The third-order valence-corrected chi connectivity index (χ3v) is 6.91. The Morgan fingerprint density at radius 1 is 0.824 bits per heavy atom. The molecular formula is C29H35N3O2. The van der Waals surface area contributed by atoms with Gasteiger partial charge in [-0.3, -0.25) is 9.69 Å². The fourth-order valence-electron chi connectivity index (χ4n) is 5.07. The van der Waals surface area contributed by atoms with Crippen molar-refractivity contribution >= 4 is 11.6 Å². The molecule has 1 saturated heterocycles. The number of anilines is 1. The van der Waals surface area contributed by atoms with Gasteiger partial charge in [0.1, 0.15) is 11.2 Å². The van der Waals surface area contributed by atoms with E-state index in [1.165, 1.54) is 0 Å². The van der Waals surface area contributed by atoms with Crippen LogP contribution in [0.25, 0.3) is 0 Å². The van der Waals surface area contributed by atoms with Crippen LogP contribution in [0.15, 0.2) is 84.9 Å². The molecule has 0 N–H and O–H groups in total. The summed E-state index contributed by atoms with van der Waals surface area (Å²) >= 11 is 0. The van der Waals surface area contributed by atoms with Crippen molar-refractivity contribution in [1.29, 1.82) is 0 Å². The number of para-hydroxylation sites is 2. The number of piperazine rings is 1. The van der Waals surface area contributed by atoms with Crippen molar-refractivity contribution in [3.8, 4) is 5.75 Å². The van der Waals surface area contributed by atoms with Gasteiger partial charge < -0.3 is 14.5 Å². The van der Waals surface area contributed by atoms with Crippen LogP contribution in [0.3, 0.4) is 0 Å². The lowest BCUT2D eigenvalue weighted by molar-refractivity contribution is -0.133. The first kappa shape index (κ1) is 23.8. The van der Waals surface area contributed by atoms with Crippen LogP contribution in [0.4, 0.5) is 5.69 Å². The summed E-state index contributed by atoms with van der Waals surface area (Å²) < 4.78 is 5.57. The lowest BCUT2D eigenvalue weighted by Crippen LogP contribution is -2.50. The van der Waals surface area contributed by atoms with Gasteiger partial charge in [0, 0.05) is 40.3 Å². The highest BCUT2D eigenvalue weighted by molar-refractivity contribution is 5.92. The quantitative estimate of drug-likeness (QED) is 0.506. The molecule has 0 spiro atoms. The number of carbonyl (C=O) groups excluding carboxylic acids is 1. The lowest BCUT2D eigenvalue weighted by Gasteiger charge is -2.40. The summed E-state index contributed by atoms with van der Waals surface area (Å²) in [5.41, 5.74) is 2.53. The van der Waals surface area contributed by atoms with E-state index < -0.39 is 5.41 Å². The van der Waals surface area contributed by atoms with Crippen molar-refractivity contribution in [3.63, 3.8) is 0 Å². The van der Waals surface area contributed by atoms with Gasteiger partial charge in [-0.05, 0) is 36.2 Å². The molecule has 1 heterocycles. The van der Waals surface area contributed by atoms with Crippen LogP contribution in [0.1, 0.15) is 17.5 Å². The first-order valence-electron chi connectivity index (χ1n) is 12.0. The standard InChI is InChI=1S/C29H35N3O2/c1-30(2)28(33)29(24-12-6-4-7-13-24,25-14-8-5-9-15-25)18-19-31-20-22-32(23-21-31)26-16-10-11-17-27(26)34-3/h4-17H,18-23H2,1-3H3. The molecule has 0 atom stereocenters. The van der Waals surface area contributed by atoms with Crippen LogP contribution < -0.4 is 9.64 Å². The Labute approximate surface area is 203 Å². The highest BCUT2D eigenvalue weighted by atomic mass is 16.5. The van der Waals surface area contributed by atoms with Gasteiger partial charge in [0.25, 0.3) is 0 Å². The van der Waals surface area contributed by atoms with E-state index in [1.807, 2.05) is 62.6 Å². The summed E-state index contributed by atoms with van der Waals surface area (Å²) in [5.74, 6) is 1.04. The van der Waals surface area contributed by atoms with Crippen LogP contribution in [-0.2, 0) is 10.2 Å². The molecule has 3 aromatic rings. The number of carbonyl (C=O) groups is 1. The number of nitrogens with zero attached hydrogens (tertiary/aromatic N) is 3. The average molecular weight is 458 g/mol. The Kier molecular flexibility index (Phi) is 7.53. The first-order chi connectivity index (χ1) is 16.6. The molecule has 178 valence electrons. The van der Waals surface area contributed by atoms with E-state index in [1.54, 1.807) is 12.0 Å². The normalized spacial score (nSPS) is 14.6. The first-order valence-corrected chi connectivity index (χ1v) is 12.0. The van der Waals surface area contributed by atoms with Gasteiger partial charge in [-0.15, -0.1) is 0 Å². The third-order valence-electron chi connectivity index (χ3n) is 6.91. The molecule has 1 aliphatic heterocycles. The summed E-state index contributed by atoms with van der Waals surface area (Å²) in [7, 11) is 5.44. The number of methoxy groups -OCH3 is 1. The van der Waals surface area contributed by atoms with Crippen molar-refractivity contribution in [1.82, 2.24) is 9.80 Å². The third kappa shape index (κ3) is 4.80. The molecular weight excluding hydrogens is 422 g/mol. The molecule has 5 nitrogen and oxygen atoms in total. The smallest absolute Gasteiger partial charge is 0.237 e. The van der Waals surface area contributed by atoms with Crippen LogP contribution in [0, 0.1) is 0 Å². The molecule has 1 aliphatic rings. The van der Waals surface area contributed by atoms with E-state index in [4.69, 9.17) is 4.74 Å². The molecule has 1 amide bonds. The van der Waals surface area contributed by atoms with Crippen LogP contribution >= 0.6 is 0 Å². The largest absolute Gasteiger partial charge is 0.495 e. The van der Waals surface area contributed by atoms with E-state index in [9.17, 15) is 4.79 Å². The van der Waals surface area contributed by atoms with Gasteiger partial charge in [-0.25, -0.2) is 0 Å². The van der Waals surface area contributed by atoms with E-state index in [-0.39, 0.29) is 5.91 Å². The van der Waals surface area contributed by atoms with Crippen LogP contribution in [-0.4, -0.2) is 69.6 Å². The van der Waals surface area contributed by atoms with Gasteiger partial charge in [0.15, 0.2) is 0 Å². The molecule has 3 aromatic carbocycles. The van der Waals surface area contributed by atoms with Gasteiger partial charge in [-0.2, -0.15) is 0 Å². The Morgan fingerprint density at radius 2 is 1.35 bits per heavy atom. The second-order valence-corrected chi connectivity index (χ2v) is 9.09. The number of rotatable bonds is 8. The zero-order valence-electron chi connectivity index (χ0n) is 20.5. The molecule has 0 saturated carbocycles. The Balaban J connectivity index is 1.56. The number of benzene rings is 3. The molecule has 0 bridgehead atoms. The summed E-state index contributed by atoms with van der Waals surface area (Å²) in [6.07, 6.45) is 0.729. The van der Waals surface area contributed by atoms with Crippen LogP contribution in [0.5, 0.6) is 5.75 Å². The number of likely N-dealkylation sites (N-methyl/N-ethyl adjacent to an activating group) is 1. The van der Waals surface area contributed by atoms with Crippen molar-refractivity contribution < 1.29 is 9.53 Å². The zero-order chi connectivity index (χ0) is 24.0. The van der Waals surface area contributed by atoms with Crippen molar-refractivity contribution in [2.24, 2.45) is 0 Å². The van der Waals surface area contributed by atoms with Crippen molar-refractivity contribution in [2.45, 2.75) is 11.8 Å². The molecule has 0 unspecified atom stereocenters. The minimum absolute atomic E-state index is 0.123. The highest BCUT2D eigenvalue weighted by Crippen LogP contribution is 2.38. The molecule has 1 fully saturated rings. The topological polar surface area (TPSA) is 36.0 Å². The maximum Gasteiger partial charge on any atom is 0.237 e. The number of ether oxygens (including phenoxy) is 1. The number of hydrogen-bond acceptors (Lipinski definition) is 4. The van der Waals surface area contributed by atoms with E-state index in [0.29, 0.717) is 0 Å². The summed E-state index contributed by atoms with van der Waals surface area (Å²) in [4.78, 5) is 20.4. The van der Waals surface area contributed by atoms with Crippen molar-refractivity contribution in [3.05, 3.63) is 96.1 Å². The number of amides is 1. The van der Waals surface area contributed by atoms with E-state index in [0.717, 1.165) is 61.7 Å². The summed E-state index contributed by atoms with van der Waals surface area (Å²) in [5, 5.41) is 0. The molecule has 0 aromatic heterocycles. The van der Waals surface area contributed by atoms with Gasteiger partial charge in [0.05, 0.1) is 12.8 Å². The minimum Gasteiger partial charge on any atom is -0.495 e. The van der Waals surface area contributed by atoms with Crippen LogP contribution in [0.2, 0.25) is 0 Å². The van der Waals surface area contributed by atoms with Gasteiger partial charge in [0.2, 0.25) is 5.91 Å². The highest BCUT2D eigenvalue weighted by Gasteiger charge is 2.43. The number of hydrogen-bond donors (Lipinski definition) is 0. The van der Waals surface area contributed by atoms with E-state index >= 15 is 0 Å². The monoisotopic (exact) mass is 457 g/mol. The predicted molar refractivity (Wildman–Crippen MR) is 139 cm³/mol. The molecule has 4 rings (SSSR count). The second-order valence-electron chi connectivity index (χ2n) is 9.09. The SMILES string of the molecule is COc1ccccc1N1CCN(CCC(C(=O)N(C)C)(c2ccccc2)c2ccccc2)CC1. The van der Waals surface area contributed by atoms with Crippen molar-refractivity contribution in [2.75, 3.05) is 58.8 Å². The Hall–Kier alpha value is -3.31. The fraction of sp³-hybridized carbons (Fsp3) is 0.345. The predicted octanol–water partition coefficient (Wildman–Crippen LogP) is 4.28. The summed E-state index contributed by atoms with van der Waals surface area (Å²) in [6.45, 7) is 4.63. The maximum absolute atomic E-state index is 13.8. The Bertz CT molecular complexity index is 1020. The Morgan fingerprint density at radius 3 is 1.88 bits per heavy atom. The van der Waals surface area contributed by atoms with Gasteiger partial charge in [-0.1, -0.05) is 72.8 Å². The second kappa shape index (κ2) is 10.7.